The predicted octanol–water partition coefficient (Wildman–Crippen LogP) is 6.00. The fourth-order valence-corrected chi connectivity index (χ4v) is 6.05. The van der Waals surface area contributed by atoms with E-state index in [2.05, 4.69) is 72.0 Å². The lowest BCUT2D eigenvalue weighted by atomic mass is 9.89. The number of morpholine rings is 1. The van der Waals surface area contributed by atoms with Crippen molar-refractivity contribution in [2.24, 2.45) is 5.92 Å². The van der Waals surface area contributed by atoms with Gasteiger partial charge in [0.15, 0.2) is 0 Å². The number of anilines is 3. The Labute approximate surface area is 256 Å². The zero-order chi connectivity index (χ0) is 29.1. The number of nitrogens with one attached hydrogen (secondary N) is 3. The monoisotopic (exact) mass is 633 g/mol. The van der Waals surface area contributed by atoms with Crippen molar-refractivity contribution in [3.05, 3.63) is 88.4 Å². The maximum Gasteiger partial charge on any atom is 0.323 e. The van der Waals surface area contributed by atoms with Crippen molar-refractivity contribution < 1.29 is 14.3 Å². The second-order valence-corrected chi connectivity index (χ2v) is 11.8. The van der Waals surface area contributed by atoms with Crippen LogP contribution < -0.4 is 20.9 Å². The average molecular weight is 635 g/mol. The molecule has 2 fully saturated rings. The molecule has 0 unspecified atom stereocenters. The summed E-state index contributed by atoms with van der Waals surface area (Å²) in [5.74, 6) is 0.510. The summed E-state index contributed by atoms with van der Waals surface area (Å²) in [6.45, 7) is 6.73. The van der Waals surface area contributed by atoms with E-state index in [4.69, 9.17) is 4.74 Å². The molecule has 2 aliphatic rings. The molecule has 0 atom stereocenters. The lowest BCUT2D eigenvalue weighted by molar-refractivity contribution is 0.0374. The molecule has 3 N–H and O–H groups in total. The Kier molecular flexibility index (Phi) is 10.9. The fraction of sp³-hybridized carbons (Fsp3) is 0.394. The third-order valence-corrected chi connectivity index (χ3v) is 8.68. The van der Waals surface area contributed by atoms with Gasteiger partial charge in [-0.1, -0.05) is 42.5 Å². The van der Waals surface area contributed by atoms with Crippen LogP contribution in [0.4, 0.5) is 21.9 Å². The lowest BCUT2D eigenvalue weighted by Crippen LogP contribution is -2.38. The van der Waals surface area contributed by atoms with Gasteiger partial charge in [-0.3, -0.25) is 9.69 Å². The molecule has 0 aliphatic carbocycles. The highest BCUT2D eigenvalue weighted by atomic mass is 79.9. The summed E-state index contributed by atoms with van der Waals surface area (Å²) < 4.78 is 6.23. The molecule has 8 nitrogen and oxygen atoms in total. The van der Waals surface area contributed by atoms with Crippen LogP contribution >= 0.6 is 15.9 Å². The molecule has 9 heteroatoms. The van der Waals surface area contributed by atoms with E-state index in [1.54, 1.807) is 6.07 Å². The molecule has 0 aromatic heterocycles. The molecule has 3 aromatic carbocycles. The lowest BCUT2D eigenvalue weighted by Gasteiger charge is -2.35. The number of benzene rings is 3. The van der Waals surface area contributed by atoms with Gasteiger partial charge < -0.3 is 25.6 Å². The Hall–Kier alpha value is -3.40. The van der Waals surface area contributed by atoms with Gasteiger partial charge in [0, 0.05) is 48.6 Å². The zero-order valence-corrected chi connectivity index (χ0v) is 25.6. The van der Waals surface area contributed by atoms with E-state index in [1.165, 1.54) is 5.56 Å². The number of amides is 3. The van der Waals surface area contributed by atoms with E-state index in [0.717, 1.165) is 81.8 Å². The number of rotatable bonds is 10. The van der Waals surface area contributed by atoms with Crippen molar-refractivity contribution in [2.45, 2.75) is 25.7 Å². The number of ether oxygens (including phenoxy) is 1. The van der Waals surface area contributed by atoms with E-state index in [0.29, 0.717) is 29.4 Å². The number of para-hydroxylation sites is 1. The smallest absolute Gasteiger partial charge is 0.323 e. The number of carbonyl (C=O) groups is 2. The highest BCUT2D eigenvalue weighted by Gasteiger charge is 2.24. The quantitative estimate of drug-likeness (QED) is 0.238. The van der Waals surface area contributed by atoms with Gasteiger partial charge in [0.1, 0.15) is 0 Å². The Balaban J connectivity index is 1.24. The van der Waals surface area contributed by atoms with E-state index in [-0.39, 0.29) is 11.9 Å². The minimum absolute atomic E-state index is 0.117. The third kappa shape index (κ3) is 8.56. The van der Waals surface area contributed by atoms with Gasteiger partial charge in [0.2, 0.25) is 0 Å². The van der Waals surface area contributed by atoms with Gasteiger partial charge >= 0.3 is 6.03 Å². The van der Waals surface area contributed by atoms with Crippen LogP contribution in [0.25, 0.3) is 0 Å². The predicted molar refractivity (Wildman–Crippen MR) is 173 cm³/mol. The standard InChI is InChI=1S/C33H40BrN5O3/c34-29-9-4-5-10-30(29)37-33(41)36-27-11-12-31(39-17-13-26(14-18-39)23-25-7-2-1-3-8-25)28(24-27)32(40)35-15-6-16-38-19-21-42-22-20-38/h1-5,7-12,24,26H,6,13-23H2,(H,35,40)(H2,36,37,41). The summed E-state index contributed by atoms with van der Waals surface area (Å²) in [7, 11) is 0. The molecule has 0 saturated carbocycles. The SMILES string of the molecule is O=C(Nc1ccc(N2CCC(Cc3ccccc3)CC2)c(C(=O)NCCCN2CCOCC2)c1)Nc1ccccc1Br. The van der Waals surface area contributed by atoms with Crippen molar-refractivity contribution in [1.82, 2.24) is 10.2 Å². The minimum atomic E-state index is -0.367. The number of halogens is 1. The molecule has 2 heterocycles. The molecule has 5 rings (SSSR count). The Morgan fingerprint density at radius 3 is 2.38 bits per heavy atom. The van der Waals surface area contributed by atoms with Crippen LogP contribution in [0.15, 0.2) is 77.3 Å². The summed E-state index contributed by atoms with van der Waals surface area (Å²) >= 11 is 3.46. The maximum atomic E-state index is 13.5. The Morgan fingerprint density at radius 2 is 1.62 bits per heavy atom. The van der Waals surface area contributed by atoms with Crippen LogP contribution in [0.5, 0.6) is 0 Å². The summed E-state index contributed by atoms with van der Waals surface area (Å²) in [6.07, 6.45) is 4.10. The largest absolute Gasteiger partial charge is 0.379 e. The molecule has 2 saturated heterocycles. The van der Waals surface area contributed by atoms with Gasteiger partial charge in [0.05, 0.1) is 24.5 Å². The summed E-state index contributed by atoms with van der Waals surface area (Å²) in [5, 5.41) is 8.89. The molecule has 42 heavy (non-hydrogen) atoms. The normalized spacial score (nSPS) is 16.2. The average Bonchev–Trinajstić information content (AvgIpc) is 3.02. The first-order chi connectivity index (χ1) is 20.5. The van der Waals surface area contributed by atoms with Crippen LogP contribution in [0.1, 0.15) is 35.2 Å². The van der Waals surface area contributed by atoms with Crippen molar-refractivity contribution in [3.8, 4) is 0 Å². The number of hydrogen-bond acceptors (Lipinski definition) is 5. The van der Waals surface area contributed by atoms with Crippen molar-refractivity contribution in [3.63, 3.8) is 0 Å². The van der Waals surface area contributed by atoms with Gasteiger partial charge in [-0.05, 0) is 90.0 Å². The second-order valence-electron chi connectivity index (χ2n) is 11.0. The molecule has 0 spiro atoms. The van der Waals surface area contributed by atoms with Crippen LogP contribution in [0, 0.1) is 5.92 Å². The van der Waals surface area contributed by atoms with Gasteiger partial charge in [0.25, 0.3) is 5.91 Å². The number of urea groups is 1. The molecule has 222 valence electrons. The molecule has 3 aromatic rings. The van der Waals surface area contributed by atoms with Gasteiger partial charge in [-0.2, -0.15) is 0 Å². The Bertz CT molecular complexity index is 1320. The topological polar surface area (TPSA) is 85.9 Å². The summed E-state index contributed by atoms with van der Waals surface area (Å²) in [4.78, 5) is 31.0. The first-order valence-corrected chi connectivity index (χ1v) is 15.7. The number of carbonyl (C=O) groups excluding carboxylic acids is 2. The number of nitrogens with zero attached hydrogens (tertiary/aromatic N) is 2. The second kappa shape index (κ2) is 15.2. The van der Waals surface area contributed by atoms with Crippen molar-refractivity contribution >= 4 is 44.9 Å². The molecule has 3 amide bonds. The van der Waals surface area contributed by atoms with Gasteiger partial charge in [-0.25, -0.2) is 4.79 Å². The minimum Gasteiger partial charge on any atom is -0.379 e. The van der Waals surface area contributed by atoms with Crippen molar-refractivity contribution in [2.75, 3.05) is 68.0 Å². The van der Waals surface area contributed by atoms with E-state index >= 15 is 0 Å². The summed E-state index contributed by atoms with van der Waals surface area (Å²) in [5.41, 5.74) is 4.12. The van der Waals surface area contributed by atoms with Crippen LogP contribution in [-0.4, -0.2) is 69.3 Å². The highest BCUT2D eigenvalue weighted by Crippen LogP contribution is 2.30. The van der Waals surface area contributed by atoms with E-state index in [1.807, 2.05) is 36.4 Å². The van der Waals surface area contributed by atoms with E-state index in [9.17, 15) is 9.59 Å². The number of piperidine rings is 1. The number of hydrogen-bond donors (Lipinski definition) is 3. The maximum absolute atomic E-state index is 13.5. The Morgan fingerprint density at radius 1 is 0.881 bits per heavy atom. The first kappa shape index (κ1) is 30.1. The third-order valence-electron chi connectivity index (χ3n) is 7.98. The van der Waals surface area contributed by atoms with Gasteiger partial charge in [-0.15, -0.1) is 0 Å². The molecule has 0 bridgehead atoms. The first-order valence-electron chi connectivity index (χ1n) is 14.9. The summed E-state index contributed by atoms with van der Waals surface area (Å²) in [6, 6.07) is 23.4. The molecular formula is C33H40BrN5O3. The van der Waals surface area contributed by atoms with Crippen LogP contribution in [-0.2, 0) is 11.2 Å². The van der Waals surface area contributed by atoms with Crippen molar-refractivity contribution in [1.29, 1.82) is 0 Å². The van der Waals surface area contributed by atoms with Crippen LogP contribution in [0.2, 0.25) is 0 Å². The highest BCUT2D eigenvalue weighted by molar-refractivity contribution is 9.10. The fourth-order valence-electron chi connectivity index (χ4n) is 5.67. The molecule has 2 aliphatic heterocycles. The van der Waals surface area contributed by atoms with Crippen LogP contribution in [0.3, 0.4) is 0 Å². The molecule has 0 radical (unpaired) electrons. The van der Waals surface area contributed by atoms with E-state index < -0.39 is 0 Å². The molecular weight excluding hydrogens is 594 g/mol. The zero-order valence-electron chi connectivity index (χ0n) is 24.0.